The van der Waals surface area contributed by atoms with Gasteiger partial charge < -0.3 is 5.32 Å². The summed E-state index contributed by atoms with van der Waals surface area (Å²) in [6.07, 6.45) is 1.76. The van der Waals surface area contributed by atoms with Crippen LogP contribution in [-0.4, -0.2) is 14.8 Å². The number of anilines is 1. The van der Waals surface area contributed by atoms with Crippen molar-refractivity contribution in [2.45, 2.75) is 13.5 Å². The quantitative estimate of drug-likeness (QED) is 0.833. The van der Waals surface area contributed by atoms with Crippen LogP contribution in [0.15, 0.2) is 24.4 Å². The zero-order valence-electron chi connectivity index (χ0n) is 9.24. The molecule has 0 fully saturated rings. The smallest absolute Gasteiger partial charge is 0.148 e. The number of aryl methyl sites for hydroxylation is 2. The monoisotopic (exact) mass is 236 g/mol. The predicted molar refractivity (Wildman–Crippen MR) is 64.5 cm³/mol. The van der Waals surface area contributed by atoms with Crippen molar-refractivity contribution in [3.8, 4) is 0 Å². The molecule has 16 heavy (non-hydrogen) atoms. The Bertz CT molecular complexity index is 456. The zero-order valence-corrected chi connectivity index (χ0v) is 9.99. The number of hydrogen-bond donors (Lipinski definition) is 1. The molecule has 0 saturated heterocycles. The lowest BCUT2D eigenvalue weighted by atomic mass is 10.3. The number of aromatic nitrogens is 3. The first kappa shape index (κ1) is 11.0. The minimum Gasteiger partial charge on any atom is -0.364 e. The first-order valence-corrected chi connectivity index (χ1v) is 5.38. The SMILES string of the molecule is Cc1cc(NCc2ccc(Cl)nc2)nn1C. The molecular weight excluding hydrogens is 224 g/mol. The zero-order chi connectivity index (χ0) is 11.5. The maximum absolute atomic E-state index is 5.71. The van der Waals surface area contributed by atoms with Crippen LogP contribution in [0, 0.1) is 6.92 Å². The summed E-state index contributed by atoms with van der Waals surface area (Å²) in [4.78, 5) is 4.01. The summed E-state index contributed by atoms with van der Waals surface area (Å²) in [5.41, 5.74) is 2.20. The minimum atomic E-state index is 0.512. The summed E-state index contributed by atoms with van der Waals surface area (Å²) in [7, 11) is 1.92. The van der Waals surface area contributed by atoms with Crippen molar-refractivity contribution < 1.29 is 0 Å². The molecule has 0 atom stereocenters. The van der Waals surface area contributed by atoms with Crippen LogP contribution in [0.1, 0.15) is 11.3 Å². The van der Waals surface area contributed by atoms with E-state index in [2.05, 4.69) is 15.4 Å². The van der Waals surface area contributed by atoms with Crippen LogP contribution >= 0.6 is 11.6 Å². The molecule has 0 aromatic carbocycles. The second kappa shape index (κ2) is 4.53. The third-order valence-corrected chi connectivity index (χ3v) is 2.60. The van der Waals surface area contributed by atoms with E-state index in [9.17, 15) is 0 Å². The van der Waals surface area contributed by atoms with Gasteiger partial charge in [0.05, 0.1) is 0 Å². The lowest BCUT2D eigenvalue weighted by molar-refractivity contribution is 0.741. The van der Waals surface area contributed by atoms with Crippen LogP contribution in [0.25, 0.3) is 0 Å². The van der Waals surface area contributed by atoms with Gasteiger partial charge in [-0.15, -0.1) is 0 Å². The topological polar surface area (TPSA) is 42.7 Å². The van der Waals surface area contributed by atoms with E-state index in [-0.39, 0.29) is 0 Å². The highest BCUT2D eigenvalue weighted by molar-refractivity contribution is 6.29. The van der Waals surface area contributed by atoms with E-state index >= 15 is 0 Å². The molecule has 0 spiro atoms. The van der Waals surface area contributed by atoms with Gasteiger partial charge in [-0.05, 0) is 18.6 Å². The Labute approximate surface area is 99.3 Å². The van der Waals surface area contributed by atoms with E-state index in [0.717, 1.165) is 17.1 Å². The highest BCUT2D eigenvalue weighted by Gasteiger charge is 2.00. The van der Waals surface area contributed by atoms with Crippen molar-refractivity contribution >= 4 is 17.4 Å². The molecule has 0 radical (unpaired) electrons. The summed E-state index contributed by atoms with van der Waals surface area (Å²) in [6, 6.07) is 5.73. The molecule has 2 heterocycles. The third-order valence-electron chi connectivity index (χ3n) is 2.38. The lowest BCUT2D eigenvalue weighted by Crippen LogP contribution is -2.01. The van der Waals surface area contributed by atoms with Crippen molar-refractivity contribution in [2.75, 3.05) is 5.32 Å². The normalized spacial score (nSPS) is 10.4. The van der Waals surface area contributed by atoms with E-state index in [1.54, 1.807) is 12.3 Å². The van der Waals surface area contributed by atoms with Crippen LogP contribution < -0.4 is 5.32 Å². The van der Waals surface area contributed by atoms with Crippen molar-refractivity contribution in [3.63, 3.8) is 0 Å². The molecule has 4 nitrogen and oxygen atoms in total. The van der Waals surface area contributed by atoms with E-state index in [4.69, 9.17) is 11.6 Å². The fourth-order valence-electron chi connectivity index (χ4n) is 1.35. The standard InChI is InChI=1S/C11H13ClN4/c1-8-5-11(15-16(8)2)14-7-9-3-4-10(12)13-6-9/h3-6H,7H2,1-2H3,(H,14,15). The van der Waals surface area contributed by atoms with Crippen LogP contribution in [-0.2, 0) is 13.6 Å². The summed E-state index contributed by atoms with van der Waals surface area (Å²) in [5.74, 6) is 0.870. The fraction of sp³-hybridized carbons (Fsp3) is 0.273. The van der Waals surface area contributed by atoms with Gasteiger partial charge in [0.15, 0.2) is 0 Å². The van der Waals surface area contributed by atoms with Crippen LogP contribution in [0.3, 0.4) is 0 Å². The second-order valence-electron chi connectivity index (χ2n) is 3.64. The Morgan fingerprint density at radius 2 is 2.25 bits per heavy atom. The average Bonchev–Trinajstić information content (AvgIpc) is 2.58. The van der Waals surface area contributed by atoms with Gasteiger partial charge in [0.2, 0.25) is 0 Å². The number of nitrogens with one attached hydrogen (secondary N) is 1. The van der Waals surface area contributed by atoms with Gasteiger partial charge in [0.25, 0.3) is 0 Å². The molecule has 0 aliphatic heterocycles. The molecule has 0 bridgehead atoms. The molecule has 84 valence electrons. The number of rotatable bonds is 3. The van der Waals surface area contributed by atoms with E-state index in [0.29, 0.717) is 11.7 Å². The van der Waals surface area contributed by atoms with Gasteiger partial charge in [-0.2, -0.15) is 5.10 Å². The number of halogens is 1. The highest BCUT2D eigenvalue weighted by Crippen LogP contribution is 2.10. The molecule has 1 N–H and O–H groups in total. The largest absolute Gasteiger partial charge is 0.364 e. The Morgan fingerprint density at radius 1 is 1.44 bits per heavy atom. The van der Waals surface area contributed by atoms with Crippen molar-refractivity contribution in [3.05, 3.63) is 40.8 Å². The summed E-state index contributed by atoms with van der Waals surface area (Å²) < 4.78 is 1.84. The van der Waals surface area contributed by atoms with Crippen LogP contribution in [0.5, 0.6) is 0 Å². The van der Waals surface area contributed by atoms with Gasteiger partial charge in [0, 0.05) is 31.5 Å². The van der Waals surface area contributed by atoms with Gasteiger partial charge in [-0.3, -0.25) is 4.68 Å². The van der Waals surface area contributed by atoms with Gasteiger partial charge >= 0.3 is 0 Å². The van der Waals surface area contributed by atoms with Crippen molar-refractivity contribution in [2.24, 2.45) is 7.05 Å². The summed E-state index contributed by atoms with van der Waals surface area (Å²) in [5, 5.41) is 8.04. The molecule has 0 amide bonds. The molecule has 0 unspecified atom stereocenters. The Kier molecular flexibility index (Phi) is 3.10. The highest BCUT2D eigenvalue weighted by atomic mass is 35.5. The summed E-state index contributed by atoms with van der Waals surface area (Å²) in [6.45, 7) is 2.71. The van der Waals surface area contributed by atoms with Crippen LogP contribution in [0.4, 0.5) is 5.82 Å². The third kappa shape index (κ3) is 2.52. The summed E-state index contributed by atoms with van der Waals surface area (Å²) >= 11 is 5.71. The molecule has 0 aliphatic rings. The van der Waals surface area contributed by atoms with Crippen LogP contribution in [0.2, 0.25) is 5.15 Å². The number of hydrogen-bond acceptors (Lipinski definition) is 3. The van der Waals surface area contributed by atoms with E-state index in [1.807, 2.05) is 30.8 Å². The maximum atomic E-state index is 5.71. The minimum absolute atomic E-state index is 0.512. The predicted octanol–water partition coefficient (Wildman–Crippen LogP) is 2.39. The maximum Gasteiger partial charge on any atom is 0.148 e. The second-order valence-corrected chi connectivity index (χ2v) is 4.02. The van der Waals surface area contributed by atoms with E-state index < -0.39 is 0 Å². The molecule has 0 aliphatic carbocycles. The first-order chi connectivity index (χ1) is 7.65. The van der Waals surface area contributed by atoms with Gasteiger partial charge in [0.1, 0.15) is 11.0 Å². The molecule has 0 saturated carbocycles. The molecule has 2 rings (SSSR count). The molecule has 5 heteroatoms. The molecule has 2 aromatic heterocycles. The number of nitrogens with zero attached hydrogens (tertiary/aromatic N) is 3. The Morgan fingerprint density at radius 3 is 2.81 bits per heavy atom. The van der Waals surface area contributed by atoms with Gasteiger partial charge in [-0.25, -0.2) is 4.98 Å². The molecular formula is C11H13ClN4. The Balaban J connectivity index is 1.99. The van der Waals surface area contributed by atoms with Crippen molar-refractivity contribution in [1.82, 2.24) is 14.8 Å². The van der Waals surface area contributed by atoms with Gasteiger partial charge in [-0.1, -0.05) is 17.7 Å². The lowest BCUT2D eigenvalue weighted by Gasteiger charge is -2.02. The molecule has 2 aromatic rings. The Hall–Kier alpha value is -1.55. The average molecular weight is 237 g/mol. The van der Waals surface area contributed by atoms with E-state index in [1.165, 1.54) is 0 Å². The first-order valence-electron chi connectivity index (χ1n) is 5.00. The fourth-order valence-corrected chi connectivity index (χ4v) is 1.46. The number of pyridine rings is 1. The van der Waals surface area contributed by atoms with Crippen molar-refractivity contribution in [1.29, 1.82) is 0 Å².